The van der Waals surface area contributed by atoms with Crippen LogP contribution in [0.15, 0.2) is 0 Å². The second kappa shape index (κ2) is 7.04. The number of rotatable bonds is 4. The number of hydrogen-bond acceptors (Lipinski definition) is 5. The molecule has 0 saturated carbocycles. The third-order valence-electron chi connectivity index (χ3n) is 4.31. The zero-order chi connectivity index (χ0) is 15.5. The lowest BCUT2D eigenvalue weighted by molar-refractivity contribution is -0.133. The third kappa shape index (κ3) is 4.38. The number of carbonyl (C=O) groups is 1. The number of nitrogens with one attached hydrogen (secondary N) is 1. The summed E-state index contributed by atoms with van der Waals surface area (Å²) in [6, 6.07) is 0.570. The van der Waals surface area contributed by atoms with E-state index in [0.29, 0.717) is 12.6 Å². The molecule has 1 N–H and O–H groups in total. The van der Waals surface area contributed by atoms with Crippen molar-refractivity contribution in [2.45, 2.75) is 31.8 Å². The van der Waals surface area contributed by atoms with Gasteiger partial charge in [-0.2, -0.15) is 0 Å². The second-order valence-electron chi connectivity index (χ2n) is 5.74. The van der Waals surface area contributed by atoms with Crippen molar-refractivity contribution in [2.24, 2.45) is 0 Å². The molecule has 0 bridgehead atoms. The molecular weight excluding hydrogens is 294 g/mol. The monoisotopic (exact) mass is 319 g/mol. The SMILES string of the molecule is CNS(=O)(=O)CC(=O)N1CCN(C2CCOCC2)C[C@@H]1C. The molecule has 2 heterocycles. The van der Waals surface area contributed by atoms with E-state index in [2.05, 4.69) is 9.62 Å². The Morgan fingerprint density at radius 1 is 1.29 bits per heavy atom. The fraction of sp³-hybridized carbons (Fsp3) is 0.923. The molecule has 1 atom stereocenters. The maximum absolute atomic E-state index is 12.1. The van der Waals surface area contributed by atoms with E-state index < -0.39 is 15.8 Å². The summed E-state index contributed by atoms with van der Waals surface area (Å²) < 4.78 is 30.5. The van der Waals surface area contributed by atoms with Crippen molar-refractivity contribution in [3.63, 3.8) is 0 Å². The van der Waals surface area contributed by atoms with Gasteiger partial charge in [0, 0.05) is 44.9 Å². The van der Waals surface area contributed by atoms with E-state index in [1.54, 1.807) is 4.90 Å². The fourth-order valence-electron chi connectivity index (χ4n) is 3.06. The van der Waals surface area contributed by atoms with Gasteiger partial charge in [0.15, 0.2) is 0 Å². The van der Waals surface area contributed by atoms with Gasteiger partial charge in [-0.15, -0.1) is 0 Å². The van der Waals surface area contributed by atoms with Crippen LogP contribution < -0.4 is 4.72 Å². The molecule has 2 aliphatic rings. The molecule has 0 aromatic rings. The van der Waals surface area contributed by atoms with Crippen LogP contribution in [0.25, 0.3) is 0 Å². The highest BCUT2D eigenvalue weighted by atomic mass is 32.2. The van der Waals surface area contributed by atoms with Crippen molar-refractivity contribution in [1.82, 2.24) is 14.5 Å². The van der Waals surface area contributed by atoms with Gasteiger partial charge in [0.05, 0.1) is 0 Å². The van der Waals surface area contributed by atoms with Gasteiger partial charge in [-0.3, -0.25) is 9.69 Å². The Hall–Kier alpha value is -0.700. The first-order chi connectivity index (χ1) is 9.93. The Balaban J connectivity index is 1.90. The number of amides is 1. The highest BCUT2D eigenvalue weighted by molar-refractivity contribution is 7.90. The predicted octanol–water partition coefficient (Wildman–Crippen LogP) is -0.753. The molecule has 0 spiro atoms. The van der Waals surface area contributed by atoms with Gasteiger partial charge in [-0.1, -0.05) is 0 Å². The Morgan fingerprint density at radius 2 is 1.95 bits per heavy atom. The van der Waals surface area contributed by atoms with Crippen LogP contribution in [0.3, 0.4) is 0 Å². The zero-order valence-corrected chi connectivity index (χ0v) is 13.6. The molecule has 21 heavy (non-hydrogen) atoms. The summed E-state index contributed by atoms with van der Waals surface area (Å²) in [7, 11) is -2.17. The fourth-order valence-corrected chi connectivity index (χ4v) is 3.69. The zero-order valence-electron chi connectivity index (χ0n) is 12.7. The van der Waals surface area contributed by atoms with E-state index in [1.165, 1.54) is 7.05 Å². The lowest BCUT2D eigenvalue weighted by Gasteiger charge is -2.44. The van der Waals surface area contributed by atoms with Crippen LogP contribution in [0.4, 0.5) is 0 Å². The number of ether oxygens (including phenoxy) is 1. The Bertz CT molecular complexity index is 462. The lowest BCUT2D eigenvalue weighted by atomic mass is 10.0. The molecule has 122 valence electrons. The van der Waals surface area contributed by atoms with E-state index in [9.17, 15) is 13.2 Å². The van der Waals surface area contributed by atoms with E-state index in [4.69, 9.17) is 4.74 Å². The van der Waals surface area contributed by atoms with Gasteiger partial charge < -0.3 is 9.64 Å². The Labute approximate surface area is 126 Å². The Morgan fingerprint density at radius 3 is 2.52 bits per heavy atom. The first kappa shape index (κ1) is 16.7. The highest BCUT2D eigenvalue weighted by Crippen LogP contribution is 2.19. The number of hydrogen-bond donors (Lipinski definition) is 1. The van der Waals surface area contributed by atoms with Gasteiger partial charge in [0.1, 0.15) is 5.75 Å². The van der Waals surface area contributed by atoms with Crippen molar-refractivity contribution in [3.05, 3.63) is 0 Å². The van der Waals surface area contributed by atoms with Gasteiger partial charge in [-0.05, 0) is 26.8 Å². The van der Waals surface area contributed by atoms with Crippen LogP contribution in [-0.4, -0.2) is 81.9 Å². The maximum Gasteiger partial charge on any atom is 0.239 e. The quantitative estimate of drug-likeness (QED) is 0.737. The number of sulfonamides is 1. The first-order valence-electron chi connectivity index (χ1n) is 7.45. The molecule has 2 saturated heterocycles. The van der Waals surface area contributed by atoms with Crippen LogP contribution in [0, 0.1) is 0 Å². The van der Waals surface area contributed by atoms with E-state index in [-0.39, 0.29) is 11.9 Å². The van der Waals surface area contributed by atoms with Gasteiger partial charge in [-0.25, -0.2) is 13.1 Å². The van der Waals surface area contributed by atoms with Crippen LogP contribution in [0.5, 0.6) is 0 Å². The van der Waals surface area contributed by atoms with Crippen LogP contribution >= 0.6 is 0 Å². The molecule has 8 heteroatoms. The minimum absolute atomic E-state index is 0.0427. The normalized spacial score (nSPS) is 26.0. The summed E-state index contributed by atoms with van der Waals surface area (Å²) in [6.07, 6.45) is 2.07. The minimum atomic E-state index is -3.50. The maximum atomic E-state index is 12.1. The molecule has 0 aromatic carbocycles. The van der Waals surface area contributed by atoms with Crippen molar-refractivity contribution in [2.75, 3.05) is 45.6 Å². The van der Waals surface area contributed by atoms with Crippen molar-refractivity contribution in [3.8, 4) is 0 Å². The molecule has 7 nitrogen and oxygen atoms in total. The summed E-state index contributed by atoms with van der Waals surface area (Å²) in [4.78, 5) is 16.2. The summed E-state index contributed by atoms with van der Waals surface area (Å²) >= 11 is 0. The van der Waals surface area contributed by atoms with E-state index in [0.717, 1.165) is 39.1 Å². The number of piperazine rings is 1. The topological polar surface area (TPSA) is 79.0 Å². The standard InChI is InChI=1S/C13H25N3O4S/c1-11-9-15(12-3-7-20-8-4-12)5-6-16(11)13(17)10-21(18,19)14-2/h11-12,14H,3-10H2,1-2H3/t11-/m0/s1. The highest BCUT2D eigenvalue weighted by Gasteiger charge is 2.32. The van der Waals surface area contributed by atoms with E-state index >= 15 is 0 Å². The molecule has 2 rings (SSSR count). The second-order valence-corrected chi connectivity index (χ2v) is 7.66. The summed E-state index contributed by atoms with van der Waals surface area (Å²) in [5.74, 6) is -0.783. The predicted molar refractivity (Wildman–Crippen MR) is 79.4 cm³/mol. The smallest absolute Gasteiger partial charge is 0.239 e. The summed E-state index contributed by atoms with van der Waals surface area (Å²) in [6.45, 7) is 5.79. The molecule has 0 aromatic heterocycles. The molecule has 0 aliphatic carbocycles. The molecule has 2 aliphatic heterocycles. The molecule has 2 fully saturated rings. The summed E-state index contributed by atoms with van der Waals surface area (Å²) in [5.41, 5.74) is 0. The van der Waals surface area contributed by atoms with Crippen molar-refractivity contribution >= 4 is 15.9 Å². The van der Waals surface area contributed by atoms with Crippen molar-refractivity contribution in [1.29, 1.82) is 0 Å². The minimum Gasteiger partial charge on any atom is -0.381 e. The summed E-state index contributed by atoms with van der Waals surface area (Å²) in [5, 5.41) is 0. The number of nitrogens with zero attached hydrogens (tertiary/aromatic N) is 2. The average Bonchev–Trinajstić information content (AvgIpc) is 2.47. The first-order valence-corrected chi connectivity index (χ1v) is 9.10. The van der Waals surface area contributed by atoms with Gasteiger partial charge >= 0.3 is 0 Å². The molecule has 1 amide bonds. The van der Waals surface area contributed by atoms with Gasteiger partial charge in [0.25, 0.3) is 0 Å². The molecular formula is C13H25N3O4S. The van der Waals surface area contributed by atoms with Crippen LogP contribution in [0.1, 0.15) is 19.8 Å². The van der Waals surface area contributed by atoms with Crippen LogP contribution in [0.2, 0.25) is 0 Å². The molecule has 0 radical (unpaired) electrons. The van der Waals surface area contributed by atoms with E-state index in [1.807, 2.05) is 6.92 Å². The lowest BCUT2D eigenvalue weighted by Crippen LogP contribution is -2.58. The Kier molecular flexibility index (Phi) is 5.59. The third-order valence-corrected chi connectivity index (χ3v) is 5.56. The molecule has 0 unspecified atom stereocenters. The van der Waals surface area contributed by atoms with Crippen LogP contribution in [-0.2, 0) is 19.6 Å². The average molecular weight is 319 g/mol. The van der Waals surface area contributed by atoms with Gasteiger partial charge in [0.2, 0.25) is 15.9 Å². The number of carbonyl (C=O) groups excluding carboxylic acids is 1. The van der Waals surface area contributed by atoms with Crippen molar-refractivity contribution < 1.29 is 17.9 Å². The largest absolute Gasteiger partial charge is 0.381 e.